The number of nitrogens with zero attached hydrogens (tertiary/aromatic N) is 1. The van der Waals surface area contributed by atoms with Gasteiger partial charge in [-0.2, -0.15) is 0 Å². The van der Waals surface area contributed by atoms with Crippen LogP contribution in [-0.2, 0) is 22.4 Å². The number of aromatic amines is 1. The smallest absolute Gasteiger partial charge is 0.250 e. The lowest BCUT2D eigenvalue weighted by atomic mass is 9.85. The molecule has 4 aromatic rings. The quantitative estimate of drug-likeness (QED) is 0.243. The summed E-state index contributed by atoms with van der Waals surface area (Å²) in [6, 6.07) is 9.81. The molecule has 0 saturated heterocycles. The second kappa shape index (κ2) is 11.8. The lowest BCUT2D eigenvalue weighted by Crippen LogP contribution is -2.33. The summed E-state index contributed by atoms with van der Waals surface area (Å²) in [7, 11) is 1.44. The molecule has 5 rings (SSSR count). The van der Waals surface area contributed by atoms with E-state index in [9.17, 15) is 27.2 Å². The van der Waals surface area contributed by atoms with Crippen LogP contribution in [-0.4, -0.2) is 28.8 Å². The summed E-state index contributed by atoms with van der Waals surface area (Å²) in [5.41, 5.74) is 2.56. The normalized spacial score (nSPS) is 15.7. The van der Waals surface area contributed by atoms with E-state index in [1.54, 1.807) is 30.5 Å². The summed E-state index contributed by atoms with van der Waals surface area (Å²) < 4.78 is 56.7. The fourth-order valence-corrected chi connectivity index (χ4v) is 5.18. The molecule has 2 aromatic carbocycles. The number of benzene rings is 2. The van der Waals surface area contributed by atoms with E-state index in [1.807, 2.05) is 0 Å². The van der Waals surface area contributed by atoms with Crippen LogP contribution in [0, 0.1) is 17.5 Å². The molecule has 41 heavy (non-hydrogen) atoms. The minimum atomic E-state index is -0.868. The number of hydrogen-bond donors (Lipinski definition) is 3. The molecule has 2 atom stereocenters. The highest BCUT2D eigenvalue weighted by Crippen LogP contribution is 2.35. The SMILES string of the molecule is CNC(=O)C1=CC(c2cccnc2[C@H](Cc2cc(F)cc(F)c2)NC(=O)Cc2c[nH]c3ccc(F)cc23)CC(F)=C1. The number of fused-ring (bicyclic) bond motifs is 1. The van der Waals surface area contributed by atoms with Crippen LogP contribution in [0.1, 0.15) is 40.8 Å². The van der Waals surface area contributed by atoms with E-state index in [0.717, 1.165) is 6.07 Å². The summed E-state index contributed by atoms with van der Waals surface area (Å²) in [5.74, 6) is -3.97. The molecule has 2 aromatic heterocycles. The zero-order valence-electron chi connectivity index (χ0n) is 22.0. The lowest BCUT2D eigenvalue weighted by molar-refractivity contribution is -0.121. The molecule has 0 fully saturated rings. The second-order valence-corrected chi connectivity index (χ2v) is 9.86. The fourth-order valence-electron chi connectivity index (χ4n) is 5.18. The van der Waals surface area contributed by atoms with Crippen LogP contribution < -0.4 is 10.6 Å². The van der Waals surface area contributed by atoms with Gasteiger partial charge in [-0.1, -0.05) is 12.1 Å². The molecule has 2 amide bonds. The predicted octanol–water partition coefficient (Wildman–Crippen LogP) is 5.64. The van der Waals surface area contributed by atoms with Crippen LogP contribution in [0.15, 0.2) is 84.5 Å². The van der Waals surface area contributed by atoms with Crippen molar-refractivity contribution < 1.29 is 27.2 Å². The molecule has 3 N–H and O–H groups in total. The Morgan fingerprint density at radius 1 is 1.05 bits per heavy atom. The number of nitrogens with one attached hydrogen (secondary N) is 3. The molecule has 0 radical (unpaired) electrons. The van der Waals surface area contributed by atoms with Crippen molar-refractivity contribution in [1.29, 1.82) is 0 Å². The third-order valence-electron chi connectivity index (χ3n) is 6.98. The first-order chi connectivity index (χ1) is 19.7. The first kappa shape index (κ1) is 27.8. The highest BCUT2D eigenvalue weighted by atomic mass is 19.1. The van der Waals surface area contributed by atoms with Gasteiger partial charge >= 0.3 is 0 Å². The molecule has 0 saturated carbocycles. The molecule has 6 nitrogen and oxygen atoms in total. The molecule has 210 valence electrons. The summed E-state index contributed by atoms with van der Waals surface area (Å²) in [6.07, 6.45) is 5.76. The number of hydrogen-bond acceptors (Lipinski definition) is 3. The van der Waals surface area contributed by atoms with Crippen LogP contribution in [0.3, 0.4) is 0 Å². The van der Waals surface area contributed by atoms with Crippen LogP contribution in [0.5, 0.6) is 0 Å². The Kier molecular flexibility index (Phi) is 8.00. The molecule has 1 aliphatic rings. The van der Waals surface area contributed by atoms with Gasteiger partial charge in [-0.25, -0.2) is 17.6 Å². The second-order valence-electron chi connectivity index (χ2n) is 9.86. The van der Waals surface area contributed by atoms with Gasteiger partial charge in [-0.05, 0) is 65.6 Å². The minimum Gasteiger partial charge on any atom is -0.361 e. The van der Waals surface area contributed by atoms with E-state index < -0.39 is 47.1 Å². The van der Waals surface area contributed by atoms with Crippen LogP contribution in [0.25, 0.3) is 10.9 Å². The Morgan fingerprint density at radius 2 is 1.83 bits per heavy atom. The third kappa shape index (κ3) is 6.37. The summed E-state index contributed by atoms with van der Waals surface area (Å²) in [4.78, 5) is 33.1. The van der Waals surface area contributed by atoms with Crippen molar-refractivity contribution in [2.24, 2.45) is 0 Å². The largest absolute Gasteiger partial charge is 0.361 e. The van der Waals surface area contributed by atoms with Gasteiger partial charge in [-0.15, -0.1) is 0 Å². The topological polar surface area (TPSA) is 86.9 Å². The Hall–Kier alpha value is -4.73. The number of likely N-dealkylation sites (N-methyl/N-ethyl adjacent to an activating group) is 1. The van der Waals surface area contributed by atoms with Crippen molar-refractivity contribution in [3.63, 3.8) is 0 Å². The highest BCUT2D eigenvalue weighted by molar-refractivity contribution is 5.96. The Labute approximate surface area is 233 Å². The van der Waals surface area contributed by atoms with E-state index in [2.05, 4.69) is 20.6 Å². The third-order valence-corrected chi connectivity index (χ3v) is 6.98. The van der Waals surface area contributed by atoms with Crippen LogP contribution in [0.2, 0.25) is 0 Å². The van der Waals surface area contributed by atoms with Gasteiger partial charge in [-0.3, -0.25) is 14.6 Å². The Balaban J connectivity index is 1.50. The van der Waals surface area contributed by atoms with E-state index in [4.69, 9.17) is 0 Å². The van der Waals surface area contributed by atoms with Crippen molar-refractivity contribution in [2.75, 3.05) is 7.05 Å². The number of H-pyrrole nitrogens is 1. The van der Waals surface area contributed by atoms with Gasteiger partial charge in [0.1, 0.15) is 23.3 Å². The number of carbonyl (C=O) groups excluding carboxylic acids is 2. The Bertz CT molecular complexity index is 1670. The maximum atomic E-state index is 14.6. The number of pyridine rings is 1. The van der Waals surface area contributed by atoms with Gasteiger partial charge in [0.2, 0.25) is 5.91 Å². The van der Waals surface area contributed by atoms with E-state index in [-0.39, 0.29) is 30.4 Å². The van der Waals surface area contributed by atoms with Gasteiger partial charge in [0, 0.05) is 54.3 Å². The van der Waals surface area contributed by atoms with Crippen molar-refractivity contribution in [1.82, 2.24) is 20.6 Å². The Morgan fingerprint density at radius 3 is 2.59 bits per heavy atom. The molecule has 1 unspecified atom stereocenters. The number of aromatic nitrogens is 2. The minimum absolute atomic E-state index is 0.0238. The average molecular weight is 563 g/mol. The molecule has 10 heteroatoms. The monoisotopic (exact) mass is 562 g/mol. The molecular formula is C31H26F4N4O2. The highest BCUT2D eigenvalue weighted by Gasteiger charge is 2.27. The molecule has 0 aliphatic heterocycles. The van der Waals surface area contributed by atoms with Gasteiger partial charge in [0.25, 0.3) is 5.91 Å². The van der Waals surface area contributed by atoms with Gasteiger partial charge < -0.3 is 15.6 Å². The van der Waals surface area contributed by atoms with Gasteiger partial charge in [0.05, 0.1) is 18.2 Å². The van der Waals surface area contributed by atoms with Crippen molar-refractivity contribution >= 4 is 22.7 Å². The van der Waals surface area contributed by atoms with E-state index in [0.29, 0.717) is 27.7 Å². The van der Waals surface area contributed by atoms with Crippen LogP contribution in [0.4, 0.5) is 17.6 Å². The fraction of sp³-hybridized carbons (Fsp3) is 0.194. The first-order valence-electron chi connectivity index (χ1n) is 12.9. The molecule has 1 aliphatic carbocycles. The maximum absolute atomic E-state index is 14.6. The number of halogens is 4. The number of amides is 2. The first-order valence-corrected chi connectivity index (χ1v) is 12.9. The van der Waals surface area contributed by atoms with Crippen molar-refractivity contribution in [3.05, 3.63) is 124 Å². The standard InChI is InChI=1S/C31H26F4N4O2/c1-36-31(41)19-10-18(11-24(35)12-19)25-3-2-6-37-30(25)28(9-17-7-22(33)14-23(34)8-17)39-29(40)13-20-16-38-27-5-4-21(32)15-26(20)27/h2-8,10,12,14-16,18,28,38H,9,11,13H2,1H3,(H,36,41)(H,39,40)/t18?,28-/m0/s1. The summed E-state index contributed by atoms with van der Waals surface area (Å²) in [6.45, 7) is 0. The summed E-state index contributed by atoms with van der Waals surface area (Å²) >= 11 is 0. The predicted molar refractivity (Wildman–Crippen MR) is 146 cm³/mol. The zero-order valence-corrected chi connectivity index (χ0v) is 22.0. The zero-order chi connectivity index (χ0) is 29.1. The maximum Gasteiger partial charge on any atom is 0.250 e. The molecule has 0 bridgehead atoms. The van der Waals surface area contributed by atoms with E-state index >= 15 is 0 Å². The number of rotatable bonds is 8. The number of allylic oxidation sites excluding steroid dienone is 2. The molecule has 2 heterocycles. The van der Waals surface area contributed by atoms with Crippen molar-refractivity contribution in [3.8, 4) is 0 Å². The van der Waals surface area contributed by atoms with E-state index in [1.165, 1.54) is 43.6 Å². The van der Waals surface area contributed by atoms with Crippen molar-refractivity contribution in [2.45, 2.75) is 31.2 Å². The number of carbonyl (C=O) groups is 2. The average Bonchev–Trinajstić information content (AvgIpc) is 3.32. The lowest BCUT2D eigenvalue weighted by Gasteiger charge is -2.25. The van der Waals surface area contributed by atoms with Crippen LogP contribution >= 0.6 is 0 Å². The summed E-state index contributed by atoms with van der Waals surface area (Å²) in [5, 5.41) is 5.95. The molecular weight excluding hydrogens is 536 g/mol. The molecule has 0 spiro atoms. The van der Waals surface area contributed by atoms with Gasteiger partial charge in [0.15, 0.2) is 0 Å².